The third-order valence-electron chi connectivity index (χ3n) is 8.74. The summed E-state index contributed by atoms with van der Waals surface area (Å²) in [5.41, 5.74) is 3.94. The van der Waals surface area contributed by atoms with E-state index in [2.05, 4.69) is 48.4 Å². The second-order valence-corrected chi connectivity index (χ2v) is 12.4. The van der Waals surface area contributed by atoms with Crippen LogP contribution < -0.4 is 0 Å². The Labute approximate surface area is 234 Å². The van der Waals surface area contributed by atoms with Crippen molar-refractivity contribution in [2.24, 2.45) is 5.92 Å². The van der Waals surface area contributed by atoms with E-state index in [1.807, 2.05) is 42.6 Å². The summed E-state index contributed by atoms with van der Waals surface area (Å²) in [6, 6.07) is 21.2. The minimum atomic E-state index is -0.563. The first-order valence-corrected chi connectivity index (χ1v) is 13.9. The molecule has 1 aliphatic carbocycles. The van der Waals surface area contributed by atoms with Crippen molar-refractivity contribution in [3.05, 3.63) is 95.4 Å². The number of ether oxygens (including phenoxy) is 2. The first-order chi connectivity index (χ1) is 19.0. The van der Waals surface area contributed by atoms with Crippen molar-refractivity contribution in [1.29, 1.82) is 0 Å². The van der Waals surface area contributed by atoms with Gasteiger partial charge in [-0.15, -0.1) is 0 Å². The number of hydrogen-bond acceptors (Lipinski definition) is 4. The average Bonchev–Trinajstić information content (AvgIpc) is 3.58. The highest BCUT2D eigenvalue weighted by Gasteiger charge is 2.61. The highest BCUT2D eigenvalue weighted by molar-refractivity contribution is 5.83. The number of carbonyl (C=O) groups excluding carboxylic acids is 1. The van der Waals surface area contributed by atoms with E-state index in [1.54, 1.807) is 19.2 Å². The molecular formula is C33H36FN3O3. The summed E-state index contributed by atoms with van der Waals surface area (Å²) in [7, 11) is 1.80. The van der Waals surface area contributed by atoms with Crippen LogP contribution in [0.1, 0.15) is 50.3 Å². The summed E-state index contributed by atoms with van der Waals surface area (Å²) in [5, 5.41) is 5.65. The van der Waals surface area contributed by atoms with Crippen LogP contribution in [0.3, 0.4) is 0 Å². The van der Waals surface area contributed by atoms with Crippen LogP contribution in [0.4, 0.5) is 9.18 Å². The van der Waals surface area contributed by atoms with E-state index in [-0.39, 0.29) is 23.2 Å². The quantitative estimate of drug-likeness (QED) is 0.282. The predicted octanol–water partition coefficient (Wildman–Crippen LogP) is 6.91. The van der Waals surface area contributed by atoms with Gasteiger partial charge in [0.25, 0.3) is 0 Å². The second kappa shape index (κ2) is 9.44. The zero-order valence-corrected chi connectivity index (χ0v) is 23.8. The lowest BCUT2D eigenvalue weighted by molar-refractivity contribution is -0.0219. The molecule has 2 heterocycles. The van der Waals surface area contributed by atoms with Gasteiger partial charge in [0.05, 0.1) is 23.0 Å². The van der Waals surface area contributed by atoms with E-state index in [4.69, 9.17) is 9.47 Å². The zero-order chi connectivity index (χ0) is 28.3. The molecule has 4 aromatic rings. The lowest BCUT2D eigenvalue weighted by Gasteiger charge is -2.35. The van der Waals surface area contributed by atoms with Gasteiger partial charge in [-0.25, -0.2) is 13.9 Å². The molecule has 1 saturated carbocycles. The summed E-state index contributed by atoms with van der Waals surface area (Å²) < 4.78 is 27.6. The van der Waals surface area contributed by atoms with Gasteiger partial charge in [-0.1, -0.05) is 30.3 Å². The molecule has 2 fully saturated rings. The van der Waals surface area contributed by atoms with Gasteiger partial charge >= 0.3 is 6.09 Å². The van der Waals surface area contributed by atoms with E-state index in [0.29, 0.717) is 13.1 Å². The molecule has 0 unspecified atom stereocenters. The van der Waals surface area contributed by atoms with Crippen LogP contribution in [0, 0.1) is 18.7 Å². The highest BCUT2D eigenvalue weighted by atomic mass is 19.1. The van der Waals surface area contributed by atoms with Crippen molar-refractivity contribution >= 4 is 17.0 Å². The first-order valence-electron chi connectivity index (χ1n) is 13.9. The first kappa shape index (κ1) is 26.5. The van der Waals surface area contributed by atoms with E-state index < -0.39 is 11.2 Å². The Bertz CT molecular complexity index is 1560. The molecular weight excluding hydrogens is 505 g/mol. The Morgan fingerprint density at radius 2 is 1.80 bits per heavy atom. The third kappa shape index (κ3) is 4.37. The van der Waals surface area contributed by atoms with Crippen molar-refractivity contribution in [3.63, 3.8) is 0 Å². The Morgan fingerprint density at radius 3 is 2.48 bits per heavy atom. The number of amides is 1. The summed E-state index contributed by atoms with van der Waals surface area (Å²) in [6.07, 6.45) is 3.15. The Balaban J connectivity index is 1.45. The van der Waals surface area contributed by atoms with Gasteiger partial charge < -0.3 is 14.4 Å². The molecule has 0 spiro atoms. The van der Waals surface area contributed by atoms with Crippen LogP contribution in [0.2, 0.25) is 0 Å². The number of benzene rings is 3. The molecule has 6 nitrogen and oxygen atoms in total. The van der Waals surface area contributed by atoms with Gasteiger partial charge in [0.15, 0.2) is 0 Å². The van der Waals surface area contributed by atoms with Gasteiger partial charge in [-0.05, 0) is 99.5 Å². The smallest absolute Gasteiger partial charge is 0.410 e. The fourth-order valence-corrected chi connectivity index (χ4v) is 7.02. The SMILES string of the molecule is CO[C@]1(c2ccccc2)C[C@@H]2CN(C(=O)OC(C)(C)C)C[C@]2(c2cc3cnn(-c4ccc(F)cc4)c3cc2C)C1. The van der Waals surface area contributed by atoms with E-state index in [0.717, 1.165) is 40.6 Å². The maximum Gasteiger partial charge on any atom is 0.410 e. The van der Waals surface area contributed by atoms with Crippen molar-refractivity contribution < 1.29 is 18.7 Å². The fourth-order valence-electron chi connectivity index (χ4n) is 7.02. The number of likely N-dealkylation sites (tertiary alicyclic amines) is 1. The van der Waals surface area contributed by atoms with Crippen LogP contribution in [0.25, 0.3) is 16.6 Å². The molecule has 3 aromatic carbocycles. The Morgan fingerprint density at radius 1 is 1.07 bits per heavy atom. The van der Waals surface area contributed by atoms with Crippen molar-refractivity contribution in [1.82, 2.24) is 14.7 Å². The number of halogens is 1. The fraction of sp³-hybridized carbons (Fsp3) is 0.394. The zero-order valence-electron chi connectivity index (χ0n) is 23.8. The van der Waals surface area contributed by atoms with Crippen LogP contribution in [-0.2, 0) is 20.5 Å². The van der Waals surface area contributed by atoms with Gasteiger partial charge in [0, 0.05) is 31.0 Å². The summed E-state index contributed by atoms with van der Waals surface area (Å²) in [5.74, 6) is -0.0932. The molecule has 1 aromatic heterocycles. The predicted molar refractivity (Wildman–Crippen MR) is 153 cm³/mol. The van der Waals surface area contributed by atoms with Crippen molar-refractivity contribution in [2.75, 3.05) is 20.2 Å². The van der Waals surface area contributed by atoms with Crippen LogP contribution in [0.5, 0.6) is 0 Å². The normalized spacial score (nSPS) is 24.4. The molecule has 6 rings (SSSR count). The van der Waals surface area contributed by atoms with Gasteiger partial charge in [-0.2, -0.15) is 5.10 Å². The van der Waals surface area contributed by atoms with Gasteiger partial charge in [-0.3, -0.25) is 0 Å². The number of carbonyl (C=O) groups is 1. The van der Waals surface area contributed by atoms with Crippen LogP contribution in [0.15, 0.2) is 72.9 Å². The van der Waals surface area contributed by atoms with Crippen LogP contribution in [-0.4, -0.2) is 46.6 Å². The van der Waals surface area contributed by atoms with E-state index >= 15 is 0 Å². The lowest BCUT2D eigenvalue weighted by atomic mass is 9.72. The molecule has 0 bridgehead atoms. The Kier molecular flexibility index (Phi) is 6.26. The number of nitrogens with zero attached hydrogens (tertiary/aromatic N) is 3. The number of hydrogen-bond donors (Lipinski definition) is 0. The van der Waals surface area contributed by atoms with Gasteiger partial charge in [0.2, 0.25) is 0 Å². The van der Waals surface area contributed by atoms with E-state index in [9.17, 15) is 9.18 Å². The molecule has 1 aliphatic heterocycles. The minimum absolute atomic E-state index is 0.184. The Hall–Kier alpha value is -3.71. The molecule has 1 saturated heterocycles. The average molecular weight is 542 g/mol. The molecule has 0 radical (unpaired) electrons. The minimum Gasteiger partial charge on any atom is -0.444 e. The molecule has 7 heteroatoms. The second-order valence-electron chi connectivity index (χ2n) is 12.4. The largest absolute Gasteiger partial charge is 0.444 e. The molecule has 3 atom stereocenters. The van der Waals surface area contributed by atoms with Crippen molar-refractivity contribution in [3.8, 4) is 5.69 Å². The van der Waals surface area contributed by atoms with E-state index in [1.165, 1.54) is 17.7 Å². The molecule has 208 valence electrons. The molecule has 40 heavy (non-hydrogen) atoms. The summed E-state index contributed by atoms with van der Waals surface area (Å²) in [6.45, 7) is 9.01. The topological polar surface area (TPSA) is 56.6 Å². The van der Waals surface area contributed by atoms with Crippen molar-refractivity contribution in [2.45, 2.75) is 57.2 Å². The molecule has 2 aliphatic rings. The number of fused-ring (bicyclic) bond motifs is 2. The maximum atomic E-state index is 13.6. The number of methoxy groups -OCH3 is 1. The summed E-state index contributed by atoms with van der Waals surface area (Å²) >= 11 is 0. The molecule has 0 N–H and O–H groups in total. The standard InChI is InChI=1S/C33H36FN3O3/c1-22-15-29-23(18-35-37(29)27-13-11-26(34)12-14-27)16-28(22)32-20-33(39-5,24-9-7-6-8-10-24)17-25(32)19-36(21-32)30(38)40-31(2,3)4/h6-16,18,25H,17,19-21H2,1-5H3/t25-,32-,33-/m1/s1. The van der Waals surface area contributed by atoms with Crippen LogP contribution >= 0.6 is 0 Å². The monoisotopic (exact) mass is 541 g/mol. The summed E-state index contributed by atoms with van der Waals surface area (Å²) in [4.78, 5) is 15.2. The molecule has 1 amide bonds. The number of rotatable bonds is 4. The highest BCUT2D eigenvalue weighted by Crippen LogP contribution is 2.60. The maximum absolute atomic E-state index is 13.6. The third-order valence-corrected chi connectivity index (χ3v) is 8.74. The number of aryl methyl sites for hydroxylation is 1. The lowest BCUT2D eigenvalue weighted by Crippen LogP contribution is -2.40. The number of aromatic nitrogens is 2. The van der Waals surface area contributed by atoms with Gasteiger partial charge in [0.1, 0.15) is 11.4 Å².